The molecule has 0 saturated heterocycles. The first kappa shape index (κ1) is 19.0. The molecule has 0 bridgehead atoms. The summed E-state index contributed by atoms with van der Waals surface area (Å²) in [6.45, 7) is 0. The van der Waals surface area contributed by atoms with E-state index in [1.54, 1.807) is 32.0 Å². The molecule has 25 heavy (non-hydrogen) atoms. The largest absolute Gasteiger partial charge is 0.872 e. The number of hydrogen-bond donors (Lipinski definition) is 0. The smallest absolute Gasteiger partial charge is 0.0623 e. The molecule has 4 rings (SSSR count). The van der Waals surface area contributed by atoms with E-state index in [9.17, 15) is 10.2 Å². The number of hydrogen-bond acceptors (Lipinski definition) is 2. The molecule has 0 amide bonds. The maximum atomic E-state index is 10.3. The average molecular weight is 364 g/mol. The summed E-state index contributed by atoms with van der Waals surface area (Å²) in [5.74, 6) is 0.144. The van der Waals surface area contributed by atoms with Gasteiger partial charge in [-0.1, -0.05) is 60.7 Å². The van der Waals surface area contributed by atoms with E-state index in [1.165, 1.54) is 37.1 Å². The van der Waals surface area contributed by atoms with Crippen molar-refractivity contribution in [1.29, 1.82) is 0 Å². The van der Waals surface area contributed by atoms with Crippen LogP contribution in [0.3, 0.4) is 0 Å². The molecule has 0 fully saturated rings. The summed E-state index contributed by atoms with van der Waals surface area (Å²) in [5.41, 5.74) is 0. The molecule has 0 unspecified atom stereocenters. The Morgan fingerprint density at radius 2 is 1.00 bits per heavy atom. The van der Waals surface area contributed by atoms with Crippen molar-refractivity contribution < 1.29 is 29.4 Å². The minimum atomic E-state index is 0.0718. The SMILES string of the molecule is C1=CC[C]([Ti+2][C]2=CC=CC2)=C1.[O-]c1ccccc1.[O-]c1ccccc1. The Labute approximate surface area is 158 Å². The molecule has 3 heteroatoms. The van der Waals surface area contributed by atoms with Gasteiger partial charge in [-0.05, 0) is 0 Å². The maximum absolute atomic E-state index is 10.3. The van der Waals surface area contributed by atoms with E-state index in [2.05, 4.69) is 36.5 Å². The zero-order valence-corrected chi connectivity index (χ0v) is 15.5. The van der Waals surface area contributed by atoms with Gasteiger partial charge in [-0.25, -0.2) is 0 Å². The summed E-state index contributed by atoms with van der Waals surface area (Å²) in [6.07, 6.45) is 15.9. The van der Waals surface area contributed by atoms with E-state index in [0.717, 1.165) is 0 Å². The van der Waals surface area contributed by atoms with Crippen molar-refractivity contribution in [2.75, 3.05) is 0 Å². The summed E-state index contributed by atoms with van der Waals surface area (Å²) >= 11 is 0.0833. The first-order valence-electron chi connectivity index (χ1n) is 8.16. The Bertz CT molecular complexity index is 679. The van der Waals surface area contributed by atoms with Crippen LogP contribution in [-0.2, 0) is 19.2 Å². The van der Waals surface area contributed by atoms with Crippen LogP contribution in [0.15, 0.2) is 105 Å². The van der Waals surface area contributed by atoms with Crippen LogP contribution in [0.2, 0.25) is 0 Å². The van der Waals surface area contributed by atoms with Crippen LogP contribution in [0, 0.1) is 0 Å². The van der Waals surface area contributed by atoms with Gasteiger partial charge in [0.15, 0.2) is 0 Å². The first-order valence-corrected chi connectivity index (χ1v) is 9.73. The van der Waals surface area contributed by atoms with Crippen LogP contribution in [0.1, 0.15) is 12.8 Å². The third kappa shape index (κ3) is 8.39. The molecule has 2 aliphatic rings. The second kappa shape index (κ2) is 11.3. The fourth-order valence-corrected chi connectivity index (χ4v) is 4.02. The molecule has 0 saturated carbocycles. The Morgan fingerprint density at radius 1 is 0.600 bits per heavy atom. The van der Waals surface area contributed by atoms with Gasteiger partial charge in [0.2, 0.25) is 0 Å². The van der Waals surface area contributed by atoms with E-state index in [1.807, 2.05) is 12.1 Å². The van der Waals surface area contributed by atoms with Gasteiger partial charge < -0.3 is 10.2 Å². The molecule has 0 atom stereocenters. The Hall–Kier alpha value is -2.29. The van der Waals surface area contributed by atoms with Crippen LogP contribution in [0.4, 0.5) is 0 Å². The summed E-state index contributed by atoms with van der Waals surface area (Å²) in [4.78, 5) is 0. The topological polar surface area (TPSA) is 46.1 Å². The quantitative estimate of drug-likeness (QED) is 0.747. The van der Waals surface area contributed by atoms with Crippen molar-refractivity contribution in [3.05, 3.63) is 105 Å². The number of benzene rings is 2. The van der Waals surface area contributed by atoms with Crippen LogP contribution < -0.4 is 10.2 Å². The summed E-state index contributed by atoms with van der Waals surface area (Å²) in [6, 6.07) is 16.7. The number of allylic oxidation sites excluding steroid dienone is 8. The standard InChI is InChI=1S/2C6H6O.2C5H5.Ti/c2*7-6-4-2-1-3-5-6;2*1-2-4-5-3-1;/h2*1-5,7H;2*1-3H,4H2;/q;;;;+2/p-2. The second-order valence-electron chi connectivity index (χ2n) is 5.40. The molecule has 0 N–H and O–H groups in total. The van der Waals surface area contributed by atoms with Crippen molar-refractivity contribution >= 4 is 0 Å². The van der Waals surface area contributed by atoms with E-state index in [0.29, 0.717) is 0 Å². The summed E-state index contributed by atoms with van der Waals surface area (Å²) in [5, 5.41) is 20.5. The molecule has 2 aromatic carbocycles. The third-order valence-electron chi connectivity index (χ3n) is 3.35. The second-order valence-corrected chi connectivity index (χ2v) is 7.80. The van der Waals surface area contributed by atoms with Crippen LogP contribution in [0.25, 0.3) is 0 Å². The molecule has 2 aliphatic carbocycles. The minimum absolute atomic E-state index is 0.0718. The van der Waals surface area contributed by atoms with E-state index < -0.39 is 0 Å². The Balaban J connectivity index is 0.000000142. The van der Waals surface area contributed by atoms with Gasteiger partial charge >= 0.3 is 76.2 Å². The fraction of sp³-hybridized carbons (Fsp3) is 0.0909. The third-order valence-corrected chi connectivity index (χ3v) is 5.51. The maximum Gasteiger partial charge on any atom is -0.0623 e. The molecule has 2 aromatic rings. The van der Waals surface area contributed by atoms with E-state index in [4.69, 9.17) is 0 Å². The molecule has 0 spiro atoms. The number of para-hydroxylation sites is 2. The predicted octanol–water partition coefficient (Wildman–Crippen LogP) is 4.28. The van der Waals surface area contributed by atoms with Crippen LogP contribution >= 0.6 is 0 Å². The van der Waals surface area contributed by atoms with Gasteiger partial charge in [-0.15, -0.1) is 11.5 Å². The van der Waals surface area contributed by atoms with Crippen molar-refractivity contribution in [1.82, 2.24) is 0 Å². The normalized spacial score (nSPS) is 13.6. The zero-order chi connectivity index (χ0) is 17.7. The van der Waals surface area contributed by atoms with Gasteiger partial charge in [0.25, 0.3) is 0 Å². The van der Waals surface area contributed by atoms with Gasteiger partial charge in [-0.3, -0.25) is 0 Å². The summed E-state index contributed by atoms with van der Waals surface area (Å²) in [7, 11) is 0. The molecule has 0 radical (unpaired) electrons. The summed E-state index contributed by atoms with van der Waals surface area (Å²) < 4.78 is 3.36. The average Bonchev–Trinajstić information content (AvgIpc) is 3.32. The van der Waals surface area contributed by atoms with Crippen molar-refractivity contribution in [3.8, 4) is 11.5 Å². The molecule has 124 valence electrons. The van der Waals surface area contributed by atoms with Crippen LogP contribution in [-0.4, -0.2) is 0 Å². The number of rotatable bonds is 2. The molecule has 0 aliphatic heterocycles. The Kier molecular flexibility index (Phi) is 8.61. The Morgan fingerprint density at radius 3 is 1.24 bits per heavy atom. The molecule has 2 nitrogen and oxygen atoms in total. The molecule has 0 heterocycles. The van der Waals surface area contributed by atoms with Gasteiger partial charge in [0.1, 0.15) is 0 Å². The van der Waals surface area contributed by atoms with Crippen molar-refractivity contribution in [2.24, 2.45) is 0 Å². The first-order chi connectivity index (χ1) is 12.2. The zero-order valence-electron chi connectivity index (χ0n) is 14.0. The van der Waals surface area contributed by atoms with Gasteiger partial charge in [-0.2, -0.15) is 0 Å². The monoisotopic (exact) mass is 364 g/mol. The predicted molar refractivity (Wildman–Crippen MR) is 95.5 cm³/mol. The minimum Gasteiger partial charge on any atom is -0.872 e. The van der Waals surface area contributed by atoms with Gasteiger partial charge in [0.05, 0.1) is 0 Å². The van der Waals surface area contributed by atoms with Crippen molar-refractivity contribution in [2.45, 2.75) is 12.8 Å². The van der Waals surface area contributed by atoms with E-state index in [-0.39, 0.29) is 30.7 Å². The van der Waals surface area contributed by atoms with Gasteiger partial charge in [0, 0.05) is 0 Å². The van der Waals surface area contributed by atoms with Crippen molar-refractivity contribution in [3.63, 3.8) is 0 Å². The van der Waals surface area contributed by atoms with E-state index >= 15 is 0 Å². The molecule has 0 aromatic heterocycles. The molecular formula is C22H20O2Ti. The molecular weight excluding hydrogens is 344 g/mol. The fourth-order valence-electron chi connectivity index (χ4n) is 2.13. The van der Waals surface area contributed by atoms with Crippen LogP contribution in [0.5, 0.6) is 11.5 Å².